The van der Waals surface area contributed by atoms with Crippen molar-refractivity contribution in [2.75, 3.05) is 39.9 Å². The van der Waals surface area contributed by atoms with Gasteiger partial charge in [0.15, 0.2) is 0 Å². The van der Waals surface area contributed by atoms with Gasteiger partial charge in [0.05, 0.1) is 12.7 Å². The van der Waals surface area contributed by atoms with E-state index < -0.39 is 6.09 Å². The van der Waals surface area contributed by atoms with Crippen molar-refractivity contribution in [2.45, 2.75) is 63.5 Å². The highest BCUT2D eigenvalue weighted by Crippen LogP contribution is 2.25. The number of carboxylic acid groups (broad SMARTS) is 1. The number of ether oxygens (including phenoxy) is 1. The van der Waals surface area contributed by atoms with Crippen LogP contribution >= 0.6 is 0 Å². The van der Waals surface area contributed by atoms with Crippen LogP contribution < -0.4 is 0 Å². The van der Waals surface area contributed by atoms with E-state index in [0.29, 0.717) is 6.54 Å². The Hall–Kier alpha value is -1.11. The Labute approximate surface area is 152 Å². The largest absolute Gasteiger partial charge is 0.465 e. The van der Waals surface area contributed by atoms with Gasteiger partial charge in [0.1, 0.15) is 0 Å². The lowest BCUT2D eigenvalue weighted by Gasteiger charge is -2.34. The Kier molecular flexibility index (Phi) is 11.5. The molecule has 0 bridgehead atoms. The summed E-state index contributed by atoms with van der Waals surface area (Å²) < 4.78 is 5.97. The van der Waals surface area contributed by atoms with Crippen molar-refractivity contribution >= 4 is 6.09 Å². The number of amides is 1. The van der Waals surface area contributed by atoms with Crippen LogP contribution in [0.4, 0.5) is 4.79 Å². The summed E-state index contributed by atoms with van der Waals surface area (Å²) in [7, 11) is 2.04. The zero-order valence-corrected chi connectivity index (χ0v) is 15.7. The second-order valence-electron chi connectivity index (χ2n) is 6.97. The van der Waals surface area contributed by atoms with Crippen molar-refractivity contribution in [3.8, 4) is 0 Å². The maximum absolute atomic E-state index is 11.3. The molecule has 2 N–H and O–H groups in total. The summed E-state index contributed by atoms with van der Waals surface area (Å²) in [6, 6.07) is 0.103. The van der Waals surface area contributed by atoms with Crippen LogP contribution in [0.3, 0.4) is 0 Å². The highest BCUT2D eigenvalue weighted by Gasteiger charge is 2.28. The summed E-state index contributed by atoms with van der Waals surface area (Å²) in [4.78, 5) is 14.9. The van der Waals surface area contributed by atoms with Crippen LogP contribution in [0, 0.1) is 0 Å². The Morgan fingerprint density at radius 3 is 2.44 bits per heavy atom. The molecule has 0 aliphatic heterocycles. The number of likely N-dealkylation sites (N-methyl/N-ethyl adjacent to an activating group) is 1. The average molecular weight is 357 g/mol. The van der Waals surface area contributed by atoms with Gasteiger partial charge in [-0.15, -0.1) is 6.58 Å². The van der Waals surface area contributed by atoms with Crippen molar-refractivity contribution < 1.29 is 19.7 Å². The van der Waals surface area contributed by atoms with Crippen LogP contribution in [-0.4, -0.2) is 78.1 Å². The number of nitrogens with zero attached hydrogens (tertiary/aromatic N) is 2. The summed E-state index contributed by atoms with van der Waals surface area (Å²) >= 11 is 0. The molecule has 1 fully saturated rings. The molecule has 0 unspecified atom stereocenters. The first kappa shape index (κ1) is 21.9. The van der Waals surface area contributed by atoms with Crippen molar-refractivity contribution in [3.63, 3.8) is 0 Å². The standard InChI is InChI=1S/C19H36N2O4/c1-3-12-21(19(23)24)17-8-10-18(11-9-17)25-16-7-5-4-6-13-20(2)14-15-22/h3,17-18,22H,1,4-16H2,2H3,(H,23,24). The van der Waals surface area contributed by atoms with Gasteiger partial charge in [-0.2, -0.15) is 0 Å². The predicted octanol–water partition coefficient (Wildman–Crippen LogP) is 2.96. The van der Waals surface area contributed by atoms with Gasteiger partial charge in [-0.3, -0.25) is 0 Å². The molecule has 146 valence electrons. The predicted molar refractivity (Wildman–Crippen MR) is 100.0 cm³/mol. The molecule has 0 saturated heterocycles. The van der Waals surface area contributed by atoms with E-state index in [-0.39, 0.29) is 18.8 Å². The fourth-order valence-electron chi connectivity index (χ4n) is 3.42. The SMILES string of the molecule is C=CCN(C(=O)O)C1CCC(OCCCCCCN(C)CCO)CC1. The van der Waals surface area contributed by atoms with Crippen LogP contribution in [-0.2, 0) is 4.74 Å². The first-order chi connectivity index (χ1) is 12.1. The Morgan fingerprint density at radius 1 is 1.16 bits per heavy atom. The smallest absolute Gasteiger partial charge is 0.407 e. The molecule has 1 aliphatic rings. The minimum absolute atomic E-state index is 0.103. The third-order valence-electron chi connectivity index (χ3n) is 4.93. The monoisotopic (exact) mass is 356 g/mol. The summed E-state index contributed by atoms with van der Waals surface area (Å²) in [5.74, 6) is 0. The molecule has 1 saturated carbocycles. The van der Waals surface area contributed by atoms with E-state index in [1.54, 1.807) is 6.08 Å². The Morgan fingerprint density at radius 2 is 1.84 bits per heavy atom. The number of aliphatic hydroxyl groups is 1. The van der Waals surface area contributed by atoms with Gasteiger partial charge < -0.3 is 24.7 Å². The summed E-state index contributed by atoms with van der Waals surface area (Å²) in [5.41, 5.74) is 0. The number of aliphatic hydroxyl groups excluding tert-OH is 1. The Balaban J connectivity index is 2.05. The molecule has 1 rings (SSSR count). The number of hydrogen-bond donors (Lipinski definition) is 2. The molecule has 0 aromatic heterocycles. The summed E-state index contributed by atoms with van der Waals surface area (Å²) in [6.07, 6.45) is 9.34. The van der Waals surface area contributed by atoms with E-state index in [4.69, 9.17) is 9.84 Å². The van der Waals surface area contributed by atoms with Crippen molar-refractivity contribution in [1.29, 1.82) is 0 Å². The van der Waals surface area contributed by atoms with Gasteiger partial charge in [0.25, 0.3) is 0 Å². The second-order valence-corrected chi connectivity index (χ2v) is 6.97. The average Bonchev–Trinajstić information content (AvgIpc) is 2.59. The highest BCUT2D eigenvalue weighted by molar-refractivity contribution is 5.65. The van der Waals surface area contributed by atoms with Gasteiger partial charge in [-0.05, 0) is 52.1 Å². The first-order valence-electron chi connectivity index (χ1n) is 9.60. The Bertz CT molecular complexity index is 370. The fraction of sp³-hybridized carbons (Fsp3) is 0.842. The van der Waals surface area contributed by atoms with E-state index in [0.717, 1.165) is 58.2 Å². The summed E-state index contributed by atoms with van der Waals surface area (Å²) in [5, 5.41) is 18.1. The van der Waals surface area contributed by atoms with E-state index in [1.807, 2.05) is 7.05 Å². The van der Waals surface area contributed by atoms with Crippen molar-refractivity contribution in [1.82, 2.24) is 9.80 Å². The van der Waals surface area contributed by atoms with E-state index in [2.05, 4.69) is 11.5 Å². The lowest BCUT2D eigenvalue weighted by Crippen LogP contribution is -2.42. The molecule has 1 aliphatic carbocycles. The molecule has 0 atom stereocenters. The normalized spacial score (nSPS) is 20.6. The molecule has 0 radical (unpaired) electrons. The van der Waals surface area contributed by atoms with Crippen molar-refractivity contribution in [3.05, 3.63) is 12.7 Å². The molecular formula is C19H36N2O4. The van der Waals surface area contributed by atoms with Crippen LogP contribution in [0.25, 0.3) is 0 Å². The number of carbonyl (C=O) groups is 1. The third-order valence-corrected chi connectivity index (χ3v) is 4.93. The third kappa shape index (κ3) is 9.23. The van der Waals surface area contributed by atoms with E-state index in [1.165, 1.54) is 17.7 Å². The van der Waals surface area contributed by atoms with Crippen LogP contribution in [0.5, 0.6) is 0 Å². The quantitative estimate of drug-likeness (QED) is 0.392. The topological polar surface area (TPSA) is 73.2 Å². The molecule has 6 heteroatoms. The molecule has 1 amide bonds. The molecule has 0 spiro atoms. The van der Waals surface area contributed by atoms with Gasteiger partial charge in [-0.1, -0.05) is 18.9 Å². The van der Waals surface area contributed by atoms with Crippen molar-refractivity contribution in [2.24, 2.45) is 0 Å². The van der Waals surface area contributed by atoms with Gasteiger partial charge >= 0.3 is 6.09 Å². The minimum Gasteiger partial charge on any atom is -0.465 e. The molecular weight excluding hydrogens is 320 g/mol. The zero-order chi connectivity index (χ0) is 18.5. The number of rotatable bonds is 13. The fourth-order valence-corrected chi connectivity index (χ4v) is 3.42. The minimum atomic E-state index is -0.853. The van der Waals surface area contributed by atoms with Crippen LogP contribution in [0.1, 0.15) is 51.4 Å². The van der Waals surface area contributed by atoms with Gasteiger partial charge in [0.2, 0.25) is 0 Å². The number of hydrogen-bond acceptors (Lipinski definition) is 4. The molecule has 25 heavy (non-hydrogen) atoms. The number of unbranched alkanes of at least 4 members (excludes halogenated alkanes) is 3. The van der Waals surface area contributed by atoms with E-state index in [9.17, 15) is 9.90 Å². The second kappa shape index (κ2) is 13.1. The van der Waals surface area contributed by atoms with Crippen LogP contribution in [0.2, 0.25) is 0 Å². The molecule has 0 aromatic carbocycles. The molecule has 0 aromatic rings. The maximum Gasteiger partial charge on any atom is 0.407 e. The lowest BCUT2D eigenvalue weighted by atomic mass is 9.92. The lowest BCUT2D eigenvalue weighted by molar-refractivity contribution is 0.00835. The first-order valence-corrected chi connectivity index (χ1v) is 9.60. The van der Waals surface area contributed by atoms with Gasteiger partial charge in [0, 0.05) is 25.7 Å². The summed E-state index contributed by atoms with van der Waals surface area (Å²) in [6.45, 7) is 6.86. The van der Waals surface area contributed by atoms with Crippen LogP contribution in [0.15, 0.2) is 12.7 Å². The molecule has 6 nitrogen and oxygen atoms in total. The maximum atomic E-state index is 11.3. The van der Waals surface area contributed by atoms with Gasteiger partial charge in [-0.25, -0.2) is 4.79 Å². The molecule has 0 heterocycles. The zero-order valence-electron chi connectivity index (χ0n) is 15.7. The van der Waals surface area contributed by atoms with E-state index >= 15 is 0 Å². The highest BCUT2D eigenvalue weighted by atomic mass is 16.5.